The van der Waals surface area contributed by atoms with Crippen molar-refractivity contribution in [1.82, 2.24) is 10.3 Å². The average molecular weight is 275 g/mol. The van der Waals surface area contributed by atoms with Gasteiger partial charge in [-0.25, -0.2) is 4.98 Å². The number of hydrogen-bond acceptors (Lipinski definition) is 3. The van der Waals surface area contributed by atoms with Crippen molar-refractivity contribution in [2.45, 2.75) is 71.0 Å². The Labute approximate surface area is 123 Å². The fourth-order valence-electron chi connectivity index (χ4n) is 2.90. The number of pyridine rings is 1. The lowest BCUT2D eigenvalue weighted by Gasteiger charge is -2.28. The summed E-state index contributed by atoms with van der Waals surface area (Å²) < 4.78 is 0. The molecule has 1 N–H and O–H groups in total. The van der Waals surface area contributed by atoms with E-state index in [1.54, 1.807) is 0 Å². The van der Waals surface area contributed by atoms with Gasteiger partial charge in [-0.15, -0.1) is 0 Å². The maximum atomic E-state index is 4.81. The summed E-state index contributed by atoms with van der Waals surface area (Å²) in [6, 6.07) is 7.55. The lowest BCUT2D eigenvalue weighted by molar-refractivity contribution is 0.546. The molecule has 0 aromatic carbocycles. The molecule has 112 valence electrons. The van der Waals surface area contributed by atoms with E-state index in [4.69, 9.17) is 4.98 Å². The monoisotopic (exact) mass is 275 g/mol. The zero-order valence-corrected chi connectivity index (χ0v) is 13.2. The van der Waals surface area contributed by atoms with E-state index in [2.05, 4.69) is 49.3 Å². The minimum atomic E-state index is 0.500. The Bertz CT molecular complexity index is 395. The van der Waals surface area contributed by atoms with Gasteiger partial charge in [0.25, 0.3) is 0 Å². The highest BCUT2D eigenvalue weighted by molar-refractivity contribution is 5.39. The van der Waals surface area contributed by atoms with E-state index in [1.165, 1.54) is 38.5 Å². The van der Waals surface area contributed by atoms with E-state index >= 15 is 0 Å². The highest BCUT2D eigenvalue weighted by atomic mass is 15.2. The summed E-state index contributed by atoms with van der Waals surface area (Å²) in [4.78, 5) is 7.21. The summed E-state index contributed by atoms with van der Waals surface area (Å²) in [7, 11) is 2.21. The van der Waals surface area contributed by atoms with Crippen LogP contribution < -0.4 is 10.2 Å². The third-order valence-electron chi connectivity index (χ3n) is 4.22. The fraction of sp³-hybridized carbons (Fsp3) is 0.706. The summed E-state index contributed by atoms with van der Waals surface area (Å²) in [6.45, 7) is 5.19. The van der Waals surface area contributed by atoms with Gasteiger partial charge in [0.15, 0.2) is 0 Å². The van der Waals surface area contributed by atoms with Gasteiger partial charge < -0.3 is 10.2 Å². The number of anilines is 1. The Morgan fingerprint density at radius 2 is 1.90 bits per heavy atom. The van der Waals surface area contributed by atoms with Crippen molar-refractivity contribution in [2.75, 3.05) is 11.9 Å². The molecule has 2 rings (SSSR count). The van der Waals surface area contributed by atoms with Crippen LogP contribution >= 0.6 is 0 Å². The van der Waals surface area contributed by atoms with Crippen LogP contribution in [0.2, 0.25) is 0 Å². The topological polar surface area (TPSA) is 28.2 Å². The molecular weight excluding hydrogens is 246 g/mol. The summed E-state index contributed by atoms with van der Waals surface area (Å²) in [5, 5.41) is 3.44. The molecule has 3 heteroatoms. The van der Waals surface area contributed by atoms with Gasteiger partial charge in [0.05, 0.1) is 5.69 Å². The Hall–Kier alpha value is -1.09. The number of aromatic nitrogens is 1. The number of nitrogens with one attached hydrogen (secondary N) is 1. The third kappa shape index (κ3) is 4.48. The van der Waals surface area contributed by atoms with Crippen molar-refractivity contribution in [1.29, 1.82) is 0 Å². The van der Waals surface area contributed by atoms with Gasteiger partial charge in [0.2, 0.25) is 0 Å². The first-order valence-electron chi connectivity index (χ1n) is 8.09. The maximum Gasteiger partial charge on any atom is 0.128 e. The molecule has 0 bridgehead atoms. The van der Waals surface area contributed by atoms with Gasteiger partial charge in [0.1, 0.15) is 5.82 Å². The first kappa shape index (κ1) is 15.3. The second kappa shape index (κ2) is 7.63. The van der Waals surface area contributed by atoms with Crippen LogP contribution in [-0.2, 0) is 6.54 Å². The van der Waals surface area contributed by atoms with E-state index in [9.17, 15) is 0 Å². The molecule has 0 amide bonds. The highest BCUT2D eigenvalue weighted by Gasteiger charge is 2.18. The predicted octanol–water partition coefficient (Wildman–Crippen LogP) is 3.74. The van der Waals surface area contributed by atoms with E-state index in [1.807, 2.05) is 0 Å². The first-order valence-corrected chi connectivity index (χ1v) is 8.09. The van der Waals surface area contributed by atoms with Crippen LogP contribution in [0.4, 0.5) is 5.82 Å². The molecule has 3 nitrogen and oxygen atoms in total. The molecule has 20 heavy (non-hydrogen) atoms. The zero-order valence-electron chi connectivity index (χ0n) is 13.2. The third-order valence-corrected chi connectivity index (χ3v) is 4.22. The normalized spacial score (nSPS) is 17.2. The lowest BCUT2D eigenvalue weighted by Crippen LogP contribution is -2.32. The smallest absolute Gasteiger partial charge is 0.128 e. The zero-order chi connectivity index (χ0) is 14.4. The average Bonchev–Trinajstić information content (AvgIpc) is 2.73. The van der Waals surface area contributed by atoms with Crippen LogP contribution in [0.5, 0.6) is 0 Å². The number of rotatable bonds is 5. The van der Waals surface area contributed by atoms with Crippen LogP contribution in [0.25, 0.3) is 0 Å². The fourth-order valence-corrected chi connectivity index (χ4v) is 2.90. The van der Waals surface area contributed by atoms with Crippen LogP contribution in [0, 0.1) is 0 Å². The SMILES string of the molecule is CC(C)NCc1cccc(N(C)C2CCCCCC2)n1. The minimum Gasteiger partial charge on any atom is -0.357 e. The van der Waals surface area contributed by atoms with Crippen molar-refractivity contribution < 1.29 is 0 Å². The van der Waals surface area contributed by atoms with Gasteiger partial charge >= 0.3 is 0 Å². The summed E-state index contributed by atoms with van der Waals surface area (Å²) in [5.74, 6) is 1.12. The van der Waals surface area contributed by atoms with Crippen molar-refractivity contribution in [2.24, 2.45) is 0 Å². The molecule has 0 radical (unpaired) electrons. The lowest BCUT2D eigenvalue weighted by atomic mass is 10.1. The van der Waals surface area contributed by atoms with E-state index in [0.717, 1.165) is 18.1 Å². The molecule has 1 fully saturated rings. The Morgan fingerprint density at radius 3 is 2.55 bits per heavy atom. The number of nitrogens with zero attached hydrogens (tertiary/aromatic N) is 2. The number of hydrogen-bond donors (Lipinski definition) is 1. The van der Waals surface area contributed by atoms with Crippen LogP contribution in [0.3, 0.4) is 0 Å². The molecule has 0 unspecified atom stereocenters. The quantitative estimate of drug-likeness (QED) is 0.830. The molecule has 0 saturated heterocycles. The maximum absolute atomic E-state index is 4.81. The molecule has 1 heterocycles. The second-order valence-corrected chi connectivity index (χ2v) is 6.28. The summed E-state index contributed by atoms with van der Waals surface area (Å²) in [6.07, 6.45) is 8.15. The van der Waals surface area contributed by atoms with Crippen molar-refractivity contribution in [3.05, 3.63) is 23.9 Å². The van der Waals surface area contributed by atoms with Crippen LogP contribution in [-0.4, -0.2) is 24.1 Å². The Kier molecular flexibility index (Phi) is 5.84. The first-order chi connectivity index (χ1) is 9.66. The Balaban J connectivity index is 2.01. The van der Waals surface area contributed by atoms with Gasteiger partial charge in [-0.2, -0.15) is 0 Å². The van der Waals surface area contributed by atoms with Gasteiger partial charge in [-0.3, -0.25) is 0 Å². The van der Waals surface area contributed by atoms with Gasteiger partial charge in [-0.05, 0) is 25.0 Å². The molecule has 0 aliphatic heterocycles. The van der Waals surface area contributed by atoms with Gasteiger partial charge in [0, 0.05) is 25.7 Å². The van der Waals surface area contributed by atoms with Crippen LogP contribution in [0.1, 0.15) is 58.1 Å². The van der Waals surface area contributed by atoms with E-state index in [0.29, 0.717) is 12.1 Å². The van der Waals surface area contributed by atoms with E-state index < -0.39 is 0 Å². The molecule has 1 aliphatic rings. The van der Waals surface area contributed by atoms with Gasteiger partial charge in [-0.1, -0.05) is 45.6 Å². The Morgan fingerprint density at radius 1 is 1.20 bits per heavy atom. The molecule has 1 saturated carbocycles. The molecule has 0 spiro atoms. The standard InChI is InChI=1S/C17H29N3/c1-14(2)18-13-15-9-8-12-17(19-15)20(3)16-10-6-4-5-7-11-16/h8-9,12,14,16,18H,4-7,10-11,13H2,1-3H3. The van der Waals surface area contributed by atoms with Crippen molar-refractivity contribution >= 4 is 5.82 Å². The molecule has 0 atom stereocenters. The highest BCUT2D eigenvalue weighted by Crippen LogP contribution is 2.24. The molecule has 1 aliphatic carbocycles. The van der Waals surface area contributed by atoms with Crippen LogP contribution in [0.15, 0.2) is 18.2 Å². The second-order valence-electron chi connectivity index (χ2n) is 6.28. The van der Waals surface area contributed by atoms with E-state index in [-0.39, 0.29) is 0 Å². The molecular formula is C17H29N3. The largest absolute Gasteiger partial charge is 0.357 e. The molecule has 1 aromatic heterocycles. The van der Waals surface area contributed by atoms with Crippen molar-refractivity contribution in [3.8, 4) is 0 Å². The van der Waals surface area contributed by atoms with Crippen molar-refractivity contribution in [3.63, 3.8) is 0 Å². The predicted molar refractivity (Wildman–Crippen MR) is 86.1 cm³/mol. The summed E-state index contributed by atoms with van der Waals surface area (Å²) in [5.41, 5.74) is 1.14. The minimum absolute atomic E-state index is 0.500. The molecule has 1 aromatic rings. The summed E-state index contributed by atoms with van der Waals surface area (Å²) >= 11 is 0.